The molecule has 0 aliphatic heterocycles. The first-order valence-corrected chi connectivity index (χ1v) is 8.23. The first-order valence-electron chi connectivity index (χ1n) is 7.36. The lowest BCUT2D eigenvalue weighted by Crippen LogP contribution is -2.17. The highest BCUT2D eigenvalue weighted by atomic mass is 32.1. The summed E-state index contributed by atoms with van der Waals surface area (Å²) in [6.07, 6.45) is 2.15. The fourth-order valence-corrected chi connectivity index (χ4v) is 3.34. The van der Waals surface area contributed by atoms with Crippen LogP contribution in [0.4, 0.5) is 5.13 Å². The van der Waals surface area contributed by atoms with Gasteiger partial charge in [0, 0.05) is 5.38 Å². The van der Waals surface area contributed by atoms with Crippen molar-refractivity contribution in [1.29, 1.82) is 0 Å². The van der Waals surface area contributed by atoms with Gasteiger partial charge in [-0.25, -0.2) is 9.78 Å². The van der Waals surface area contributed by atoms with Gasteiger partial charge in [-0.2, -0.15) is 0 Å². The maximum atomic E-state index is 12.4. The number of aromatic nitrogens is 1. The quantitative estimate of drug-likeness (QED) is 0.665. The number of anilines is 1. The topological polar surface area (TPSA) is 68.3 Å². The third-order valence-corrected chi connectivity index (χ3v) is 4.68. The van der Waals surface area contributed by atoms with Crippen LogP contribution in [0.5, 0.6) is 0 Å². The van der Waals surface area contributed by atoms with Gasteiger partial charge in [-0.05, 0) is 32.1 Å². The zero-order valence-corrected chi connectivity index (χ0v) is 14.4. The number of hydrogen-bond donors (Lipinski definition) is 1. The first kappa shape index (κ1) is 16.7. The second kappa shape index (κ2) is 6.20. The van der Waals surface area contributed by atoms with E-state index in [4.69, 9.17) is 4.74 Å². The smallest absolute Gasteiger partial charge is 0.357 e. The van der Waals surface area contributed by atoms with Crippen molar-refractivity contribution in [3.8, 4) is 0 Å². The molecule has 1 heterocycles. The summed E-state index contributed by atoms with van der Waals surface area (Å²) >= 11 is 1.23. The Hall–Kier alpha value is -1.69. The summed E-state index contributed by atoms with van der Waals surface area (Å²) in [5.41, 5.74) is 1.41. The molecule has 1 aliphatic carbocycles. The van der Waals surface area contributed by atoms with Gasteiger partial charge in [0.1, 0.15) is 0 Å². The molecule has 1 fully saturated rings. The molecule has 1 aliphatic rings. The van der Waals surface area contributed by atoms with Crippen molar-refractivity contribution < 1.29 is 14.3 Å². The van der Waals surface area contributed by atoms with Crippen molar-refractivity contribution in [2.45, 2.75) is 34.6 Å². The standard InChI is InChI=1S/C16H22N2O3S/c1-6-21-14(20)11-8-22-15(17-11)18-13(19)12-10(7-9(2)3)16(12,4)5/h7-8,10,12H,6H2,1-5H3,(H,17,18,19). The van der Waals surface area contributed by atoms with Crippen molar-refractivity contribution in [2.24, 2.45) is 17.3 Å². The molecule has 0 spiro atoms. The molecule has 5 nitrogen and oxygen atoms in total. The van der Waals surface area contributed by atoms with Crippen molar-refractivity contribution in [3.05, 3.63) is 22.7 Å². The average molecular weight is 322 g/mol. The maximum Gasteiger partial charge on any atom is 0.357 e. The van der Waals surface area contributed by atoms with E-state index < -0.39 is 5.97 Å². The lowest BCUT2D eigenvalue weighted by Gasteiger charge is -2.02. The second-order valence-electron chi connectivity index (χ2n) is 6.32. The summed E-state index contributed by atoms with van der Waals surface area (Å²) in [5.74, 6) is -0.315. The van der Waals surface area contributed by atoms with Gasteiger partial charge in [0.15, 0.2) is 10.8 Å². The predicted molar refractivity (Wildman–Crippen MR) is 86.9 cm³/mol. The van der Waals surface area contributed by atoms with Gasteiger partial charge in [-0.1, -0.05) is 25.5 Å². The van der Waals surface area contributed by atoms with E-state index in [0.29, 0.717) is 11.7 Å². The maximum absolute atomic E-state index is 12.4. The van der Waals surface area contributed by atoms with Gasteiger partial charge in [-0.15, -0.1) is 11.3 Å². The van der Waals surface area contributed by atoms with Gasteiger partial charge in [0.2, 0.25) is 5.91 Å². The number of esters is 1. The molecule has 1 amide bonds. The summed E-state index contributed by atoms with van der Waals surface area (Å²) in [5, 5.41) is 4.84. The highest BCUT2D eigenvalue weighted by Gasteiger charge is 2.60. The van der Waals surface area contributed by atoms with E-state index in [2.05, 4.69) is 30.2 Å². The first-order chi connectivity index (χ1) is 10.3. The predicted octanol–water partition coefficient (Wildman–Crippen LogP) is 3.50. The minimum Gasteiger partial charge on any atom is -0.461 e. The van der Waals surface area contributed by atoms with Gasteiger partial charge in [0.25, 0.3) is 0 Å². The van der Waals surface area contributed by atoms with E-state index in [9.17, 15) is 9.59 Å². The summed E-state index contributed by atoms with van der Waals surface area (Å²) in [7, 11) is 0. The van der Waals surface area contributed by atoms with Crippen LogP contribution in [0.15, 0.2) is 17.0 Å². The molecule has 120 valence electrons. The molecule has 2 rings (SSSR count). The Balaban J connectivity index is 2.02. The Morgan fingerprint density at radius 1 is 1.45 bits per heavy atom. The molecule has 6 heteroatoms. The summed E-state index contributed by atoms with van der Waals surface area (Å²) < 4.78 is 4.88. The molecule has 0 aromatic carbocycles. The highest BCUT2D eigenvalue weighted by Crippen LogP contribution is 2.59. The third kappa shape index (κ3) is 3.38. The van der Waals surface area contributed by atoms with Gasteiger partial charge >= 0.3 is 5.97 Å². The zero-order valence-electron chi connectivity index (χ0n) is 13.6. The van der Waals surface area contributed by atoms with Gasteiger partial charge in [0.05, 0.1) is 12.5 Å². The number of rotatable bonds is 5. The second-order valence-corrected chi connectivity index (χ2v) is 7.17. The molecular formula is C16H22N2O3S. The van der Waals surface area contributed by atoms with Crippen LogP contribution < -0.4 is 5.32 Å². The minimum absolute atomic E-state index is 0.0391. The Morgan fingerprint density at radius 3 is 2.73 bits per heavy atom. The van der Waals surface area contributed by atoms with Gasteiger partial charge in [-0.3, -0.25) is 4.79 Å². The normalized spacial score (nSPS) is 21.9. The molecule has 22 heavy (non-hydrogen) atoms. The number of allylic oxidation sites excluding steroid dienone is 2. The molecular weight excluding hydrogens is 300 g/mol. The Kier molecular flexibility index (Phi) is 4.70. The molecule has 1 N–H and O–H groups in total. The van der Waals surface area contributed by atoms with E-state index in [-0.39, 0.29) is 28.9 Å². The molecule has 1 aromatic heterocycles. The summed E-state index contributed by atoms with van der Waals surface area (Å²) in [6, 6.07) is 0. The van der Waals surface area contributed by atoms with E-state index >= 15 is 0 Å². The number of carbonyl (C=O) groups excluding carboxylic acids is 2. The molecule has 0 bridgehead atoms. The Bertz CT molecular complexity index is 615. The fraction of sp³-hybridized carbons (Fsp3) is 0.562. The largest absolute Gasteiger partial charge is 0.461 e. The fourth-order valence-electron chi connectivity index (χ4n) is 2.66. The van der Waals surface area contributed by atoms with E-state index in [1.54, 1.807) is 12.3 Å². The number of hydrogen-bond acceptors (Lipinski definition) is 5. The van der Waals surface area contributed by atoms with Crippen LogP contribution in [0.3, 0.4) is 0 Å². The molecule has 1 saturated carbocycles. The molecule has 2 atom stereocenters. The van der Waals surface area contributed by atoms with Crippen LogP contribution in [0.2, 0.25) is 0 Å². The minimum atomic E-state index is -0.464. The van der Waals surface area contributed by atoms with E-state index in [0.717, 1.165) is 0 Å². The average Bonchev–Trinajstić information content (AvgIpc) is 2.76. The lowest BCUT2D eigenvalue weighted by molar-refractivity contribution is -0.118. The van der Waals surface area contributed by atoms with Crippen LogP contribution in [-0.4, -0.2) is 23.5 Å². The number of carbonyl (C=O) groups is 2. The van der Waals surface area contributed by atoms with E-state index in [1.807, 2.05) is 13.8 Å². The van der Waals surface area contributed by atoms with Crippen LogP contribution in [-0.2, 0) is 9.53 Å². The highest BCUT2D eigenvalue weighted by molar-refractivity contribution is 7.14. The summed E-state index contributed by atoms with van der Waals surface area (Å²) in [4.78, 5) is 28.1. The number of nitrogens with zero attached hydrogens (tertiary/aromatic N) is 1. The third-order valence-electron chi connectivity index (χ3n) is 3.92. The zero-order chi connectivity index (χ0) is 16.5. The molecule has 0 radical (unpaired) electrons. The SMILES string of the molecule is CCOC(=O)c1csc(NC(=O)C2C(C=C(C)C)C2(C)C)n1. The molecule has 1 aromatic rings. The van der Waals surface area contributed by atoms with Crippen LogP contribution >= 0.6 is 11.3 Å². The van der Waals surface area contributed by atoms with E-state index in [1.165, 1.54) is 16.9 Å². The lowest BCUT2D eigenvalue weighted by atomic mass is 10.1. The van der Waals surface area contributed by atoms with Crippen LogP contribution in [0.1, 0.15) is 45.1 Å². The van der Waals surface area contributed by atoms with Crippen LogP contribution in [0, 0.1) is 17.3 Å². The van der Waals surface area contributed by atoms with Crippen molar-refractivity contribution in [1.82, 2.24) is 4.98 Å². The number of thiazole rings is 1. The number of nitrogens with one attached hydrogen (secondary N) is 1. The molecule has 0 saturated heterocycles. The number of amides is 1. The molecule has 2 unspecified atom stereocenters. The summed E-state index contributed by atoms with van der Waals surface area (Å²) in [6.45, 7) is 10.3. The van der Waals surface area contributed by atoms with Crippen LogP contribution in [0.25, 0.3) is 0 Å². The Morgan fingerprint density at radius 2 is 2.14 bits per heavy atom. The Labute approximate surface area is 134 Å². The van der Waals surface area contributed by atoms with Gasteiger partial charge < -0.3 is 10.1 Å². The van der Waals surface area contributed by atoms with Crippen molar-refractivity contribution >= 4 is 28.3 Å². The van der Waals surface area contributed by atoms with Crippen molar-refractivity contribution in [3.63, 3.8) is 0 Å². The van der Waals surface area contributed by atoms with Crippen molar-refractivity contribution in [2.75, 3.05) is 11.9 Å². The monoisotopic (exact) mass is 322 g/mol. The number of ether oxygens (including phenoxy) is 1.